The van der Waals surface area contributed by atoms with Gasteiger partial charge in [-0.2, -0.15) is 5.26 Å². The van der Waals surface area contributed by atoms with Crippen LogP contribution in [0, 0.1) is 11.3 Å². The van der Waals surface area contributed by atoms with Crippen LogP contribution >= 0.6 is 0 Å². The maximum Gasteiger partial charge on any atom is 0.237 e. The number of nitriles is 1. The van der Waals surface area contributed by atoms with E-state index in [4.69, 9.17) is 5.26 Å². The third-order valence-corrected chi connectivity index (χ3v) is 3.65. The first-order chi connectivity index (χ1) is 8.70. The standard InChI is InChI=1S/C14H25N3O/c1-3-4-6-9-16-14(18)12(2)17-10-7-5-8-13(17)11-15/h12-13H,3-10H2,1-2H3,(H,16,18). The number of likely N-dealkylation sites (tertiary alicyclic amines) is 1. The molecule has 1 heterocycles. The summed E-state index contributed by atoms with van der Waals surface area (Å²) in [6.07, 6.45) is 6.43. The van der Waals surface area contributed by atoms with Gasteiger partial charge in [0, 0.05) is 13.1 Å². The van der Waals surface area contributed by atoms with Crippen molar-refractivity contribution < 1.29 is 4.79 Å². The number of nitrogens with one attached hydrogen (secondary N) is 1. The van der Waals surface area contributed by atoms with E-state index in [1.807, 2.05) is 11.8 Å². The molecule has 102 valence electrons. The molecular formula is C14H25N3O. The van der Waals surface area contributed by atoms with E-state index in [2.05, 4.69) is 18.3 Å². The molecule has 4 nitrogen and oxygen atoms in total. The first-order valence-electron chi connectivity index (χ1n) is 7.13. The van der Waals surface area contributed by atoms with E-state index in [-0.39, 0.29) is 18.0 Å². The van der Waals surface area contributed by atoms with Gasteiger partial charge in [0.05, 0.1) is 18.2 Å². The Morgan fingerprint density at radius 2 is 2.28 bits per heavy atom. The average molecular weight is 251 g/mol. The minimum atomic E-state index is -0.184. The van der Waals surface area contributed by atoms with Gasteiger partial charge in [0.2, 0.25) is 5.91 Å². The molecule has 0 radical (unpaired) electrons. The molecule has 0 aliphatic carbocycles. The third kappa shape index (κ3) is 4.30. The molecule has 1 aliphatic heterocycles. The van der Waals surface area contributed by atoms with Crippen molar-refractivity contribution in [1.29, 1.82) is 5.26 Å². The lowest BCUT2D eigenvalue weighted by Crippen LogP contribution is -2.51. The van der Waals surface area contributed by atoms with Gasteiger partial charge < -0.3 is 5.32 Å². The number of rotatable bonds is 6. The summed E-state index contributed by atoms with van der Waals surface area (Å²) in [6, 6.07) is 2.04. The molecule has 4 heteroatoms. The van der Waals surface area contributed by atoms with Gasteiger partial charge in [0.15, 0.2) is 0 Å². The van der Waals surface area contributed by atoms with E-state index in [1.165, 1.54) is 0 Å². The molecule has 2 atom stereocenters. The molecule has 0 aromatic rings. The zero-order valence-electron chi connectivity index (χ0n) is 11.6. The van der Waals surface area contributed by atoms with Crippen LogP contribution in [0.1, 0.15) is 52.4 Å². The highest BCUT2D eigenvalue weighted by Crippen LogP contribution is 2.19. The number of hydrogen-bond acceptors (Lipinski definition) is 3. The van der Waals surface area contributed by atoms with Crippen LogP contribution in [0.3, 0.4) is 0 Å². The fourth-order valence-corrected chi connectivity index (χ4v) is 2.44. The maximum atomic E-state index is 12.0. The van der Waals surface area contributed by atoms with Crippen molar-refractivity contribution >= 4 is 5.91 Å². The van der Waals surface area contributed by atoms with Gasteiger partial charge >= 0.3 is 0 Å². The Hall–Kier alpha value is -1.08. The van der Waals surface area contributed by atoms with Gasteiger partial charge in [-0.25, -0.2) is 0 Å². The fraction of sp³-hybridized carbons (Fsp3) is 0.857. The lowest BCUT2D eigenvalue weighted by molar-refractivity contribution is -0.126. The van der Waals surface area contributed by atoms with Crippen LogP contribution in [0.25, 0.3) is 0 Å². The Balaban J connectivity index is 2.39. The smallest absolute Gasteiger partial charge is 0.237 e. The largest absolute Gasteiger partial charge is 0.355 e. The molecule has 18 heavy (non-hydrogen) atoms. The first kappa shape index (κ1) is 15.0. The molecular weight excluding hydrogens is 226 g/mol. The zero-order chi connectivity index (χ0) is 13.4. The number of unbranched alkanes of at least 4 members (excludes halogenated alkanes) is 2. The second-order valence-corrected chi connectivity index (χ2v) is 5.05. The first-order valence-corrected chi connectivity index (χ1v) is 7.13. The Kier molecular flexibility index (Phi) is 6.74. The van der Waals surface area contributed by atoms with Gasteiger partial charge in [-0.1, -0.05) is 19.8 Å². The molecule has 0 spiro atoms. The van der Waals surface area contributed by atoms with Gasteiger partial charge in [-0.05, 0) is 32.6 Å². The van der Waals surface area contributed by atoms with E-state index in [9.17, 15) is 4.79 Å². The normalized spacial score (nSPS) is 22.2. The Morgan fingerprint density at radius 3 is 2.94 bits per heavy atom. The second-order valence-electron chi connectivity index (χ2n) is 5.05. The van der Waals surface area contributed by atoms with Crippen molar-refractivity contribution in [3.8, 4) is 6.07 Å². The van der Waals surface area contributed by atoms with Crippen LogP contribution in [0.2, 0.25) is 0 Å². The minimum Gasteiger partial charge on any atom is -0.355 e. The predicted molar refractivity (Wildman–Crippen MR) is 72.0 cm³/mol. The molecule has 1 saturated heterocycles. The van der Waals surface area contributed by atoms with Gasteiger partial charge in [-0.3, -0.25) is 9.69 Å². The third-order valence-electron chi connectivity index (χ3n) is 3.65. The van der Waals surface area contributed by atoms with Gasteiger partial charge in [0.1, 0.15) is 0 Å². The fourth-order valence-electron chi connectivity index (χ4n) is 2.44. The van der Waals surface area contributed by atoms with E-state index >= 15 is 0 Å². The Bertz CT molecular complexity index is 298. The molecule has 0 aromatic heterocycles. The lowest BCUT2D eigenvalue weighted by atomic mass is 10.0. The van der Waals surface area contributed by atoms with Crippen LogP contribution < -0.4 is 5.32 Å². The second kappa shape index (κ2) is 8.10. The van der Waals surface area contributed by atoms with Crippen molar-refractivity contribution in [2.24, 2.45) is 0 Å². The zero-order valence-corrected chi connectivity index (χ0v) is 11.6. The topological polar surface area (TPSA) is 56.1 Å². The quantitative estimate of drug-likeness (QED) is 0.735. The highest BCUT2D eigenvalue weighted by atomic mass is 16.2. The Morgan fingerprint density at radius 1 is 1.50 bits per heavy atom. The summed E-state index contributed by atoms with van der Waals surface area (Å²) in [4.78, 5) is 14.0. The lowest BCUT2D eigenvalue weighted by Gasteiger charge is -2.35. The Labute approximate surface area is 110 Å². The summed E-state index contributed by atoms with van der Waals surface area (Å²) in [5.74, 6) is 0.0632. The summed E-state index contributed by atoms with van der Waals surface area (Å²) in [7, 11) is 0. The van der Waals surface area contributed by atoms with E-state index in [0.717, 1.165) is 51.6 Å². The summed E-state index contributed by atoms with van der Waals surface area (Å²) < 4.78 is 0. The minimum absolute atomic E-state index is 0.0632. The van der Waals surface area contributed by atoms with Gasteiger partial charge in [-0.15, -0.1) is 0 Å². The highest BCUT2D eigenvalue weighted by molar-refractivity contribution is 5.81. The number of carbonyl (C=O) groups is 1. The summed E-state index contributed by atoms with van der Waals surface area (Å²) >= 11 is 0. The molecule has 1 rings (SSSR count). The van der Waals surface area contributed by atoms with E-state index in [0.29, 0.717) is 0 Å². The van der Waals surface area contributed by atoms with E-state index in [1.54, 1.807) is 0 Å². The van der Waals surface area contributed by atoms with Crippen molar-refractivity contribution in [3.63, 3.8) is 0 Å². The predicted octanol–water partition coefficient (Wildman–Crippen LogP) is 2.06. The number of amides is 1. The number of hydrogen-bond donors (Lipinski definition) is 1. The molecule has 1 N–H and O–H groups in total. The molecule has 0 aromatic carbocycles. The molecule has 1 fully saturated rings. The SMILES string of the molecule is CCCCCNC(=O)C(C)N1CCCCC1C#N. The monoisotopic (exact) mass is 251 g/mol. The molecule has 2 unspecified atom stereocenters. The molecule has 0 saturated carbocycles. The summed E-state index contributed by atoms with van der Waals surface area (Å²) in [6.45, 7) is 5.67. The number of carbonyl (C=O) groups excluding carboxylic acids is 1. The van der Waals surface area contributed by atoms with Crippen LogP contribution in [0.4, 0.5) is 0 Å². The van der Waals surface area contributed by atoms with Crippen LogP contribution in [0.5, 0.6) is 0 Å². The van der Waals surface area contributed by atoms with Crippen molar-refractivity contribution in [3.05, 3.63) is 0 Å². The van der Waals surface area contributed by atoms with Gasteiger partial charge in [0.25, 0.3) is 0 Å². The van der Waals surface area contributed by atoms with Crippen LogP contribution in [0.15, 0.2) is 0 Å². The van der Waals surface area contributed by atoms with Crippen LogP contribution in [-0.2, 0) is 4.79 Å². The van der Waals surface area contributed by atoms with E-state index < -0.39 is 0 Å². The number of nitrogens with zero attached hydrogens (tertiary/aromatic N) is 2. The van der Waals surface area contributed by atoms with Crippen molar-refractivity contribution in [1.82, 2.24) is 10.2 Å². The van der Waals surface area contributed by atoms with Crippen molar-refractivity contribution in [2.45, 2.75) is 64.5 Å². The maximum absolute atomic E-state index is 12.0. The molecule has 1 amide bonds. The summed E-state index contributed by atoms with van der Waals surface area (Å²) in [5.41, 5.74) is 0. The summed E-state index contributed by atoms with van der Waals surface area (Å²) in [5, 5.41) is 12.1. The van der Waals surface area contributed by atoms with Crippen LogP contribution in [-0.4, -0.2) is 36.0 Å². The molecule has 1 aliphatic rings. The molecule has 0 bridgehead atoms. The highest BCUT2D eigenvalue weighted by Gasteiger charge is 2.29. The number of piperidine rings is 1. The van der Waals surface area contributed by atoms with Crippen molar-refractivity contribution in [2.75, 3.05) is 13.1 Å². The average Bonchev–Trinajstić information content (AvgIpc) is 2.42.